The first-order valence-electron chi connectivity index (χ1n) is 8.83. The van der Waals surface area contributed by atoms with Gasteiger partial charge in [0.2, 0.25) is 0 Å². The third kappa shape index (κ3) is 4.97. The molecule has 2 N–H and O–H groups in total. The van der Waals surface area contributed by atoms with Gasteiger partial charge in [-0.15, -0.1) is 0 Å². The maximum absolute atomic E-state index is 12.9. The number of furan rings is 1. The topological polar surface area (TPSA) is 89.8 Å². The molecule has 2 amide bonds. The Kier molecular flexibility index (Phi) is 6.19. The van der Waals surface area contributed by atoms with Gasteiger partial charge in [0.1, 0.15) is 5.76 Å². The number of hydrazine groups is 1. The minimum Gasteiger partial charge on any atom is -0.493 e. The maximum Gasteiger partial charge on any atom is 0.416 e. The van der Waals surface area contributed by atoms with Gasteiger partial charge in [0.05, 0.1) is 19.8 Å². The maximum atomic E-state index is 12.9. The molecule has 162 valence electrons. The van der Waals surface area contributed by atoms with Gasteiger partial charge in [-0.3, -0.25) is 20.4 Å². The molecule has 10 heteroatoms. The lowest BCUT2D eigenvalue weighted by Gasteiger charge is -2.10. The Bertz CT molecular complexity index is 1110. The van der Waals surface area contributed by atoms with Crippen molar-refractivity contribution in [3.8, 4) is 22.8 Å². The number of ether oxygens (including phenoxy) is 2. The van der Waals surface area contributed by atoms with Gasteiger partial charge < -0.3 is 13.9 Å². The molecular weight excluding hydrogens is 417 g/mol. The molecule has 0 aliphatic rings. The van der Waals surface area contributed by atoms with Gasteiger partial charge in [0, 0.05) is 11.1 Å². The van der Waals surface area contributed by atoms with E-state index in [1.807, 2.05) is 0 Å². The zero-order chi connectivity index (χ0) is 22.6. The Hall–Kier alpha value is -3.95. The molecule has 1 aromatic heterocycles. The number of rotatable bonds is 5. The van der Waals surface area contributed by atoms with Crippen LogP contribution in [0.25, 0.3) is 11.3 Å². The Morgan fingerprint density at radius 1 is 0.871 bits per heavy atom. The van der Waals surface area contributed by atoms with Crippen LogP contribution in [0.3, 0.4) is 0 Å². The summed E-state index contributed by atoms with van der Waals surface area (Å²) in [6.07, 6.45) is -4.50. The fourth-order valence-electron chi connectivity index (χ4n) is 2.69. The van der Waals surface area contributed by atoms with Gasteiger partial charge in [0.25, 0.3) is 5.91 Å². The van der Waals surface area contributed by atoms with E-state index in [1.54, 1.807) is 0 Å². The van der Waals surface area contributed by atoms with Crippen molar-refractivity contribution in [3.05, 3.63) is 71.5 Å². The number of carbonyl (C=O) groups is 2. The molecule has 31 heavy (non-hydrogen) atoms. The molecule has 0 aliphatic carbocycles. The number of methoxy groups -OCH3 is 2. The summed E-state index contributed by atoms with van der Waals surface area (Å²) < 4.78 is 54.2. The zero-order valence-corrected chi connectivity index (χ0v) is 16.4. The minimum atomic E-state index is -4.50. The fourth-order valence-corrected chi connectivity index (χ4v) is 2.69. The summed E-state index contributed by atoms with van der Waals surface area (Å²) in [6, 6.07) is 11.6. The highest BCUT2D eigenvalue weighted by Crippen LogP contribution is 2.32. The van der Waals surface area contributed by atoms with E-state index in [9.17, 15) is 22.8 Å². The summed E-state index contributed by atoms with van der Waals surface area (Å²) >= 11 is 0. The standard InChI is InChI=1S/C21H17F3N2O5/c1-29-16-7-6-13(11-18(16)30-2)19(27)25-26-20(28)17-9-8-15(31-17)12-4-3-5-14(10-12)21(22,23)24/h3-11H,1-2H3,(H,25,27)(H,26,28). The van der Waals surface area contributed by atoms with Gasteiger partial charge in [0.15, 0.2) is 17.3 Å². The van der Waals surface area contributed by atoms with Crippen molar-refractivity contribution in [3.63, 3.8) is 0 Å². The molecule has 0 spiro atoms. The number of carbonyl (C=O) groups excluding carboxylic acids is 2. The van der Waals surface area contributed by atoms with Gasteiger partial charge in [-0.2, -0.15) is 13.2 Å². The summed E-state index contributed by atoms with van der Waals surface area (Å²) in [5.41, 5.74) is 3.91. The number of nitrogens with one attached hydrogen (secondary N) is 2. The predicted octanol–water partition coefficient (Wildman–Crippen LogP) is 4.06. The van der Waals surface area contributed by atoms with E-state index >= 15 is 0 Å². The van der Waals surface area contributed by atoms with Crippen LogP contribution < -0.4 is 20.3 Å². The van der Waals surface area contributed by atoms with Gasteiger partial charge >= 0.3 is 12.1 Å². The van der Waals surface area contributed by atoms with Crippen molar-refractivity contribution in [2.45, 2.75) is 6.18 Å². The highest BCUT2D eigenvalue weighted by molar-refractivity contribution is 5.98. The van der Waals surface area contributed by atoms with Gasteiger partial charge in [-0.25, -0.2) is 0 Å². The lowest BCUT2D eigenvalue weighted by molar-refractivity contribution is -0.137. The van der Waals surface area contributed by atoms with Crippen LogP contribution in [0.2, 0.25) is 0 Å². The Balaban J connectivity index is 1.67. The van der Waals surface area contributed by atoms with Crippen LogP contribution in [0.4, 0.5) is 13.2 Å². The van der Waals surface area contributed by atoms with Gasteiger partial charge in [-0.05, 0) is 42.5 Å². The SMILES string of the molecule is COc1ccc(C(=O)NNC(=O)c2ccc(-c3cccc(C(F)(F)F)c3)o2)cc1OC. The summed E-state index contributed by atoms with van der Waals surface area (Å²) in [5.74, 6) is -0.771. The van der Waals surface area contributed by atoms with E-state index in [-0.39, 0.29) is 22.6 Å². The van der Waals surface area contributed by atoms with Crippen LogP contribution >= 0.6 is 0 Å². The van der Waals surface area contributed by atoms with E-state index in [2.05, 4.69) is 10.9 Å². The first-order chi connectivity index (χ1) is 14.7. The quantitative estimate of drug-likeness (QED) is 0.592. The molecule has 0 bridgehead atoms. The molecule has 0 atom stereocenters. The highest BCUT2D eigenvalue weighted by Gasteiger charge is 2.30. The Morgan fingerprint density at radius 2 is 1.58 bits per heavy atom. The molecular formula is C21H17F3N2O5. The van der Waals surface area contributed by atoms with Crippen molar-refractivity contribution < 1.29 is 36.7 Å². The molecule has 2 aromatic carbocycles. The molecule has 1 heterocycles. The van der Waals surface area contributed by atoms with Crippen molar-refractivity contribution >= 4 is 11.8 Å². The molecule has 0 aliphatic heterocycles. The molecule has 3 rings (SSSR count). The zero-order valence-electron chi connectivity index (χ0n) is 16.4. The number of hydrogen-bond donors (Lipinski definition) is 2. The summed E-state index contributed by atoms with van der Waals surface area (Å²) in [5, 5.41) is 0. The number of benzene rings is 2. The van der Waals surface area contributed by atoms with Crippen LogP contribution in [0.1, 0.15) is 26.5 Å². The van der Waals surface area contributed by atoms with Crippen LogP contribution in [0.5, 0.6) is 11.5 Å². The summed E-state index contributed by atoms with van der Waals surface area (Å²) in [4.78, 5) is 24.5. The molecule has 0 unspecified atom stereocenters. The molecule has 0 radical (unpaired) electrons. The van der Waals surface area contributed by atoms with Crippen LogP contribution in [0, 0.1) is 0 Å². The molecule has 0 saturated carbocycles. The third-order valence-corrected chi connectivity index (χ3v) is 4.24. The number of alkyl halides is 3. The first-order valence-corrected chi connectivity index (χ1v) is 8.83. The molecule has 7 nitrogen and oxygen atoms in total. The molecule has 3 aromatic rings. The van der Waals surface area contributed by atoms with E-state index in [0.717, 1.165) is 12.1 Å². The fraction of sp³-hybridized carbons (Fsp3) is 0.143. The smallest absolute Gasteiger partial charge is 0.416 e. The number of halogens is 3. The highest BCUT2D eigenvalue weighted by atomic mass is 19.4. The van der Waals surface area contributed by atoms with E-state index in [4.69, 9.17) is 13.9 Å². The first kappa shape index (κ1) is 21.8. The van der Waals surface area contributed by atoms with Crippen LogP contribution in [-0.4, -0.2) is 26.0 Å². The normalized spacial score (nSPS) is 11.0. The van der Waals surface area contributed by atoms with Crippen molar-refractivity contribution in [2.75, 3.05) is 14.2 Å². The second kappa shape index (κ2) is 8.82. The third-order valence-electron chi connectivity index (χ3n) is 4.24. The average Bonchev–Trinajstić information content (AvgIpc) is 3.26. The van der Waals surface area contributed by atoms with Crippen LogP contribution in [0.15, 0.2) is 59.0 Å². The van der Waals surface area contributed by atoms with Crippen molar-refractivity contribution in [1.29, 1.82) is 0 Å². The number of amides is 2. The predicted molar refractivity (Wildman–Crippen MR) is 104 cm³/mol. The van der Waals surface area contributed by atoms with Crippen LogP contribution in [-0.2, 0) is 6.18 Å². The van der Waals surface area contributed by atoms with E-state index in [1.165, 1.54) is 56.7 Å². The summed E-state index contributed by atoms with van der Waals surface area (Å²) in [6.45, 7) is 0. The van der Waals surface area contributed by atoms with Gasteiger partial charge in [-0.1, -0.05) is 12.1 Å². The second-order valence-corrected chi connectivity index (χ2v) is 6.22. The van der Waals surface area contributed by atoms with E-state index in [0.29, 0.717) is 11.5 Å². The lowest BCUT2D eigenvalue weighted by atomic mass is 10.1. The average molecular weight is 434 g/mol. The largest absolute Gasteiger partial charge is 0.493 e. The lowest BCUT2D eigenvalue weighted by Crippen LogP contribution is -2.41. The number of hydrogen-bond acceptors (Lipinski definition) is 5. The second-order valence-electron chi connectivity index (χ2n) is 6.22. The monoisotopic (exact) mass is 434 g/mol. The molecule has 0 fully saturated rings. The Labute approximate surface area is 174 Å². The molecule has 0 saturated heterocycles. The minimum absolute atomic E-state index is 0.0717. The van der Waals surface area contributed by atoms with Crippen molar-refractivity contribution in [2.24, 2.45) is 0 Å². The summed E-state index contributed by atoms with van der Waals surface area (Å²) in [7, 11) is 2.87. The van der Waals surface area contributed by atoms with E-state index < -0.39 is 23.6 Å². The van der Waals surface area contributed by atoms with Crippen molar-refractivity contribution in [1.82, 2.24) is 10.9 Å². The Morgan fingerprint density at radius 3 is 2.26 bits per heavy atom.